The lowest BCUT2D eigenvalue weighted by molar-refractivity contribution is 0.0997. The smallest absolute Gasteiger partial charge is 0.279 e. The van der Waals surface area contributed by atoms with E-state index in [2.05, 4.69) is 4.99 Å². The van der Waals surface area contributed by atoms with Crippen LogP contribution in [-0.4, -0.2) is 36.3 Å². The van der Waals surface area contributed by atoms with Gasteiger partial charge in [0.15, 0.2) is 4.80 Å². The minimum atomic E-state index is -3.71. The van der Waals surface area contributed by atoms with Crippen LogP contribution in [0.2, 0.25) is 5.02 Å². The molecule has 0 unspecified atom stereocenters. The SMILES string of the molecule is Cn1ccsc1=NC(=O)c1ccc(Cl)c(S(=O)(=O)N2CCCCC2)c1. The molecule has 2 heterocycles. The molecule has 2 aromatic rings. The summed E-state index contributed by atoms with van der Waals surface area (Å²) < 4.78 is 28.9. The number of rotatable bonds is 3. The number of benzene rings is 1. The third kappa shape index (κ3) is 3.87. The quantitative estimate of drug-likeness (QED) is 0.796. The van der Waals surface area contributed by atoms with Gasteiger partial charge in [-0.3, -0.25) is 4.79 Å². The number of thiazole rings is 1. The van der Waals surface area contributed by atoms with Gasteiger partial charge in [0.25, 0.3) is 5.91 Å². The molecule has 0 bridgehead atoms. The zero-order valence-electron chi connectivity index (χ0n) is 13.7. The average Bonchev–Trinajstić information content (AvgIpc) is 3.00. The molecule has 9 heteroatoms. The lowest BCUT2D eigenvalue weighted by Gasteiger charge is -2.26. The molecule has 1 fully saturated rings. The molecule has 25 heavy (non-hydrogen) atoms. The van der Waals surface area contributed by atoms with Crippen molar-refractivity contribution in [3.05, 3.63) is 45.2 Å². The van der Waals surface area contributed by atoms with Crippen molar-refractivity contribution in [3.63, 3.8) is 0 Å². The van der Waals surface area contributed by atoms with Crippen molar-refractivity contribution >= 4 is 38.9 Å². The third-order valence-corrected chi connectivity index (χ3v) is 7.30. The van der Waals surface area contributed by atoms with Gasteiger partial charge in [-0.05, 0) is 31.0 Å². The van der Waals surface area contributed by atoms with Crippen molar-refractivity contribution in [3.8, 4) is 0 Å². The molecular weight excluding hydrogens is 382 g/mol. The highest BCUT2D eigenvalue weighted by molar-refractivity contribution is 7.89. The fourth-order valence-electron chi connectivity index (χ4n) is 2.66. The third-order valence-electron chi connectivity index (χ3n) is 4.07. The number of aryl methyl sites for hydroxylation is 1. The van der Waals surface area contributed by atoms with E-state index in [-0.39, 0.29) is 15.5 Å². The van der Waals surface area contributed by atoms with Crippen molar-refractivity contribution in [1.29, 1.82) is 0 Å². The molecule has 1 aromatic carbocycles. The normalized spacial score (nSPS) is 17.0. The van der Waals surface area contributed by atoms with E-state index in [0.717, 1.165) is 19.3 Å². The summed E-state index contributed by atoms with van der Waals surface area (Å²) >= 11 is 7.45. The average molecular weight is 400 g/mol. The first kappa shape index (κ1) is 18.3. The molecule has 3 rings (SSSR count). The molecule has 1 saturated heterocycles. The van der Waals surface area contributed by atoms with Crippen molar-refractivity contribution in [2.24, 2.45) is 12.0 Å². The lowest BCUT2D eigenvalue weighted by Crippen LogP contribution is -2.35. The van der Waals surface area contributed by atoms with Gasteiger partial charge in [-0.1, -0.05) is 18.0 Å². The van der Waals surface area contributed by atoms with E-state index < -0.39 is 15.9 Å². The topological polar surface area (TPSA) is 71.7 Å². The molecule has 0 radical (unpaired) electrons. The number of halogens is 1. The monoisotopic (exact) mass is 399 g/mol. The van der Waals surface area contributed by atoms with Crippen molar-refractivity contribution < 1.29 is 13.2 Å². The molecule has 1 aromatic heterocycles. The number of sulfonamides is 1. The molecule has 0 saturated carbocycles. The zero-order valence-corrected chi connectivity index (χ0v) is 16.1. The zero-order chi connectivity index (χ0) is 18.0. The number of carbonyl (C=O) groups excluding carboxylic acids is 1. The number of hydrogen-bond donors (Lipinski definition) is 0. The van der Waals surface area contributed by atoms with E-state index in [9.17, 15) is 13.2 Å². The Balaban J connectivity index is 1.98. The van der Waals surface area contributed by atoms with Crippen LogP contribution in [0.4, 0.5) is 0 Å². The molecule has 1 aliphatic heterocycles. The number of aromatic nitrogens is 1. The van der Waals surface area contributed by atoms with Crippen LogP contribution in [0.3, 0.4) is 0 Å². The summed E-state index contributed by atoms with van der Waals surface area (Å²) in [7, 11) is -1.93. The van der Waals surface area contributed by atoms with E-state index >= 15 is 0 Å². The van der Waals surface area contributed by atoms with Crippen LogP contribution in [-0.2, 0) is 17.1 Å². The fourth-order valence-corrected chi connectivity index (χ4v) is 5.41. The summed E-state index contributed by atoms with van der Waals surface area (Å²) in [5.74, 6) is -0.496. The molecule has 6 nitrogen and oxygen atoms in total. The van der Waals surface area contributed by atoms with Crippen LogP contribution < -0.4 is 4.80 Å². The number of carbonyl (C=O) groups is 1. The molecule has 0 spiro atoms. The van der Waals surface area contributed by atoms with Crippen LogP contribution in [0, 0.1) is 0 Å². The second-order valence-electron chi connectivity index (χ2n) is 5.82. The fraction of sp³-hybridized carbons (Fsp3) is 0.375. The van der Waals surface area contributed by atoms with Gasteiger partial charge in [0.05, 0.1) is 5.02 Å². The molecular formula is C16H18ClN3O3S2. The second kappa shape index (κ2) is 7.41. The van der Waals surface area contributed by atoms with Crippen LogP contribution in [0.5, 0.6) is 0 Å². The highest BCUT2D eigenvalue weighted by atomic mass is 35.5. The predicted octanol–water partition coefficient (Wildman–Crippen LogP) is 2.66. The number of amides is 1. The predicted molar refractivity (Wildman–Crippen MR) is 97.2 cm³/mol. The summed E-state index contributed by atoms with van der Waals surface area (Å²) in [6, 6.07) is 4.26. The second-order valence-corrected chi connectivity index (χ2v) is 9.01. The van der Waals surface area contributed by atoms with Crippen molar-refractivity contribution in [1.82, 2.24) is 8.87 Å². The van der Waals surface area contributed by atoms with E-state index in [0.29, 0.717) is 17.9 Å². The summed E-state index contributed by atoms with van der Waals surface area (Å²) in [6.45, 7) is 0.957. The van der Waals surface area contributed by atoms with Crippen LogP contribution in [0.1, 0.15) is 29.6 Å². The van der Waals surface area contributed by atoms with Gasteiger partial charge >= 0.3 is 0 Å². The Morgan fingerprint density at radius 1 is 1.24 bits per heavy atom. The summed E-state index contributed by atoms with van der Waals surface area (Å²) in [6.07, 6.45) is 4.49. The Labute approximate surface area is 155 Å². The Hall–Kier alpha value is -1.48. The number of piperidine rings is 1. The van der Waals surface area contributed by atoms with Gasteiger partial charge in [-0.15, -0.1) is 11.3 Å². The van der Waals surface area contributed by atoms with E-state index in [4.69, 9.17) is 11.6 Å². The number of nitrogens with zero attached hydrogens (tertiary/aromatic N) is 3. The van der Waals surface area contributed by atoms with Gasteiger partial charge in [0.2, 0.25) is 10.0 Å². The largest absolute Gasteiger partial charge is 0.327 e. The van der Waals surface area contributed by atoms with E-state index in [1.165, 1.54) is 33.8 Å². The minimum absolute atomic E-state index is 0.0346. The van der Waals surface area contributed by atoms with Gasteiger partial charge in [-0.25, -0.2) is 8.42 Å². The highest BCUT2D eigenvalue weighted by Gasteiger charge is 2.28. The van der Waals surface area contributed by atoms with Crippen molar-refractivity contribution in [2.45, 2.75) is 24.2 Å². The van der Waals surface area contributed by atoms with Gasteiger partial charge in [-0.2, -0.15) is 9.30 Å². The van der Waals surface area contributed by atoms with Crippen molar-refractivity contribution in [2.75, 3.05) is 13.1 Å². The van der Waals surface area contributed by atoms with Crippen LogP contribution >= 0.6 is 22.9 Å². The molecule has 0 atom stereocenters. The van der Waals surface area contributed by atoms with Crippen LogP contribution in [0.15, 0.2) is 39.7 Å². The van der Waals surface area contributed by atoms with E-state index in [1.807, 2.05) is 5.38 Å². The molecule has 1 amide bonds. The maximum atomic E-state index is 12.9. The summed E-state index contributed by atoms with van der Waals surface area (Å²) in [5, 5.41) is 1.93. The first-order valence-electron chi connectivity index (χ1n) is 7.88. The van der Waals surface area contributed by atoms with Gasteiger partial charge < -0.3 is 4.57 Å². The Kier molecular flexibility index (Phi) is 5.43. The maximum Gasteiger partial charge on any atom is 0.279 e. The van der Waals surface area contributed by atoms with Gasteiger partial charge in [0.1, 0.15) is 4.90 Å². The molecule has 134 valence electrons. The number of hydrogen-bond acceptors (Lipinski definition) is 4. The first-order valence-corrected chi connectivity index (χ1v) is 10.6. The Morgan fingerprint density at radius 2 is 1.96 bits per heavy atom. The Bertz CT molecular complexity index is 957. The van der Waals surface area contributed by atoms with E-state index in [1.54, 1.807) is 17.8 Å². The summed E-state index contributed by atoms with van der Waals surface area (Å²) in [4.78, 5) is 17.0. The summed E-state index contributed by atoms with van der Waals surface area (Å²) in [5.41, 5.74) is 0.202. The molecule has 0 aliphatic carbocycles. The molecule has 0 N–H and O–H groups in total. The standard InChI is InChI=1S/C16H18ClN3O3S2/c1-19-9-10-24-16(19)18-15(21)12-5-6-13(17)14(11-12)25(22,23)20-7-3-2-4-8-20/h5-6,9-11H,2-4,7-8H2,1H3. The first-order chi connectivity index (χ1) is 11.9. The lowest BCUT2D eigenvalue weighted by atomic mass is 10.2. The van der Waals surface area contributed by atoms with Gasteiger partial charge in [0, 0.05) is 37.3 Å². The highest BCUT2D eigenvalue weighted by Crippen LogP contribution is 2.28. The molecule has 1 aliphatic rings. The minimum Gasteiger partial charge on any atom is -0.327 e. The van der Waals surface area contributed by atoms with Crippen LogP contribution in [0.25, 0.3) is 0 Å². The Morgan fingerprint density at radius 3 is 2.60 bits per heavy atom. The maximum absolute atomic E-state index is 12.9.